The highest BCUT2D eigenvalue weighted by atomic mass is 32.2. The second-order valence-corrected chi connectivity index (χ2v) is 6.36. The number of nitrogens with zero attached hydrogens (tertiary/aromatic N) is 2. The normalized spacial score (nSPS) is 11.4. The lowest BCUT2D eigenvalue weighted by Crippen LogP contribution is -2.25. The Morgan fingerprint density at radius 1 is 1.20 bits per heavy atom. The van der Waals surface area contributed by atoms with E-state index in [1.54, 1.807) is 18.2 Å². The molecule has 7 heteroatoms. The molecule has 0 saturated heterocycles. The number of aromatic nitrogens is 2. The number of hydrogen-bond acceptors (Lipinski definition) is 5. The molecule has 2 N–H and O–H groups in total. The summed E-state index contributed by atoms with van der Waals surface area (Å²) in [7, 11) is -3.46. The molecule has 20 heavy (non-hydrogen) atoms. The van der Waals surface area contributed by atoms with Crippen LogP contribution in [0.2, 0.25) is 0 Å². The summed E-state index contributed by atoms with van der Waals surface area (Å²) in [6.07, 6.45) is 1.45. The summed E-state index contributed by atoms with van der Waals surface area (Å²) in [5.41, 5.74) is 5.93. The zero-order chi connectivity index (χ0) is 14.6. The van der Waals surface area contributed by atoms with E-state index < -0.39 is 9.84 Å². The molecule has 0 fully saturated rings. The van der Waals surface area contributed by atoms with Crippen LogP contribution in [0.25, 0.3) is 0 Å². The third-order valence-electron chi connectivity index (χ3n) is 2.85. The molecule has 0 bridgehead atoms. The molecule has 106 valence electrons. The van der Waals surface area contributed by atoms with E-state index in [4.69, 9.17) is 5.73 Å². The lowest BCUT2D eigenvalue weighted by atomic mass is 10.2. The first-order valence-electron chi connectivity index (χ1n) is 6.07. The predicted octanol–water partition coefficient (Wildman–Crippen LogP) is 0.176. The van der Waals surface area contributed by atoms with E-state index in [0.29, 0.717) is 0 Å². The molecular formula is C13H15N3O3S. The van der Waals surface area contributed by atoms with Crippen LogP contribution in [-0.2, 0) is 22.9 Å². The van der Waals surface area contributed by atoms with Crippen LogP contribution < -0.4 is 11.3 Å². The fourth-order valence-electron chi connectivity index (χ4n) is 1.75. The highest BCUT2D eigenvalue weighted by Crippen LogP contribution is 2.13. The van der Waals surface area contributed by atoms with Gasteiger partial charge in [-0.15, -0.1) is 0 Å². The van der Waals surface area contributed by atoms with Crippen molar-refractivity contribution in [3.63, 3.8) is 0 Å². The number of rotatable bonds is 5. The summed E-state index contributed by atoms with van der Waals surface area (Å²) >= 11 is 0. The maximum atomic E-state index is 12.2. The number of nitrogens with two attached hydrogens (primary N) is 1. The highest BCUT2D eigenvalue weighted by molar-refractivity contribution is 7.91. The summed E-state index contributed by atoms with van der Waals surface area (Å²) in [6, 6.07) is 9.35. The first-order chi connectivity index (χ1) is 9.53. The van der Waals surface area contributed by atoms with Crippen molar-refractivity contribution in [3.8, 4) is 0 Å². The molecule has 2 aromatic rings. The van der Waals surface area contributed by atoms with Crippen LogP contribution in [0.4, 0.5) is 0 Å². The molecule has 2 rings (SSSR count). The van der Waals surface area contributed by atoms with E-state index in [0.717, 1.165) is 10.2 Å². The van der Waals surface area contributed by atoms with Crippen molar-refractivity contribution in [2.75, 3.05) is 5.75 Å². The lowest BCUT2D eigenvalue weighted by molar-refractivity contribution is 0.571. The molecule has 0 aliphatic carbocycles. The van der Waals surface area contributed by atoms with E-state index in [9.17, 15) is 13.2 Å². The topological polar surface area (TPSA) is 95.1 Å². The Balaban J connectivity index is 2.19. The Bertz CT molecular complexity index is 753. The van der Waals surface area contributed by atoms with Crippen molar-refractivity contribution in [3.05, 3.63) is 58.5 Å². The van der Waals surface area contributed by atoms with Gasteiger partial charge in [0.1, 0.15) is 0 Å². The van der Waals surface area contributed by atoms with Crippen molar-refractivity contribution in [2.45, 2.75) is 18.0 Å². The minimum Gasteiger partial charge on any atom is -0.326 e. The molecule has 1 aromatic carbocycles. The molecule has 0 atom stereocenters. The van der Waals surface area contributed by atoms with Crippen LogP contribution in [-0.4, -0.2) is 24.0 Å². The van der Waals surface area contributed by atoms with Gasteiger partial charge in [-0.2, -0.15) is 5.10 Å². The summed E-state index contributed by atoms with van der Waals surface area (Å²) < 4.78 is 25.5. The molecule has 0 aliphatic heterocycles. The monoisotopic (exact) mass is 293 g/mol. The first kappa shape index (κ1) is 14.4. The zero-order valence-electron chi connectivity index (χ0n) is 10.8. The number of sulfone groups is 1. The standard InChI is InChI=1S/C13H15N3O3S/c14-10-11-3-1-4-12(9-11)20(18,19)8-7-16-13(17)5-2-6-15-16/h1-6,9H,7-8,10,14H2. The van der Waals surface area contributed by atoms with Crippen LogP contribution >= 0.6 is 0 Å². The van der Waals surface area contributed by atoms with Gasteiger partial charge in [-0.05, 0) is 23.8 Å². The van der Waals surface area contributed by atoms with Gasteiger partial charge in [0.05, 0.1) is 17.2 Å². The second kappa shape index (κ2) is 5.98. The van der Waals surface area contributed by atoms with Gasteiger partial charge in [0.15, 0.2) is 9.84 Å². The average molecular weight is 293 g/mol. The van der Waals surface area contributed by atoms with Crippen molar-refractivity contribution >= 4 is 9.84 Å². The largest absolute Gasteiger partial charge is 0.326 e. The Morgan fingerprint density at radius 2 is 2.00 bits per heavy atom. The van der Waals surface area contributed by atoms with Crippen LogP contribution in [0, 0.1) is 0 Å². The minimum atomic E-state index is -3.46. The Labute approximate surface area is 116 Å². The van der Waals surface area contributed by atoms with Crippen LogP contribution in [0.15, 0.2) is 52.3 Å². The fourth-order valence-corrected chi connectivity index (χ4v) is 3.01. The van der Waals surface area contributed by atoms with Crippen molar-refractivity contribution in [1.29, 1.82) is 0 Å². The second-order valence-electron chi connectivity index (χ2n) is 4.26. The summed E-state index contributed by atoms with van der Waals surface area (Å²) in [5.74, 6) is -0.183. The highest BCUT2D eigenvalue weighted by Gasteiger charge is 2.15. The molecule has 0 radical (unpaired) electrons. The van der Waals surface area contributed by atoms with E-state index in [2.05, 4.69) is 5.10 Å². The van der Waals surface area contributed by atoms with Gasteiger partial charge in [-0.1, -0.05) is 12.1 Å². The third kappa shape index (κ3) is 3.31. The smallest absolute Gasteiger partial charge is 0.266 e. The SMILES string of the molecule is NCc1cccc(S(=O)(=O)CCn2ncccc2=O)c1. The van der Waals surface area contributed by atoms with Crippen LogP contribution in [0.5, 0.6) is 0 Å². The van der Waals surface area contributed by atoms with Gasteiger partial charge in [0.25, 0.3) is 5.56 Å². The summed E-state index contributed by atoms with van der Waals surface area (Å²) in [5, 5.41) is 3.83. The minimum absolute atomic E-state index is 0.0227. The molecule has 6 nitrogen and oxygen atoms in total. The number of aryl methyl sites for hydroxylation is 1. The molecule has 0 spiro atoms. The van der Waals surface area contributed by atoms with E-state index in [1.165, 1.54) is 24.4 Å². The maximum absolute atomic E-state index is 12.2. The van der Waals surface area contributed by atoms with E-state index in [1.807, 2.05) is 0 Å². The average Bonchev–Trinajstić information content (AvgIpc) is 2.46. The van der Waals surface area contributed by atoms with Crippen molar-refractivity contribution < 1.29 is 8.42 Å². The third-order valence-corrected chi connectivity index (χ3v) is 4.54. The molecule has 0 unspecified atom stereocenters. The molecule has 0 saturated carbocycles. The van der Waals surface area contributed by atoms with Gasteiger partial charge in [0.2, 0.25) is 0 Å². The molecular weight excluding hydrogens is 278 g/mol. The van der Waals surface area contributed by atoms with E-state index >= 15 is 0 Å². The molecule has 1 heterocycles. The van der Waals surface area contributed by atoms with Crippen molar-refractivity contribution in [1.82, 2.24) is 9.78 Å². The van der Waals surface area contributed by atoms with Gasteiger partial charge < -0.3 is 5.73 Å². The summed E-state index contributed by atoms with van der Waals surface area (Å²) in [4.78, 5) is 11.7. The predicted molar refractivity (Wildman–Crippen MR) is 74.9 cm³/mol. The molecule has 0 aliphatic rings. The van der Waals surface area contributed by atoms with Gasteiger partial charge in [-0.3, -0.25) is 4.79 Å². The Morgan fingerprint density at radius 3 is 2.70 bits per heavy atom. The Hall–Kier alpha value is -1.99. The van der Waals surface area contributed by atoms with Gasteiger partial charge in [0, 0.05) is 18.8 Å². The van der Waals surface area contributed by atoms with E-state index in [-0.39, 0.29) is 29.3 Å². The van der Waals surface area contributed by atoms with Gasteiger partial charge in [-0.25, -0.2) is 13.1 Å². The maximum Gasteiger partial charge on any atom is 0.266 e. The number of hydrogen-bond donors (Lipinski definition) is 1. The first-order valence-corrected chi connectivity index (χ1v) is 7.72. The lowest BCUT2D eigenvalue weighted by Gasteiger charge is -2.07. The fraction of sp³-hybridized carbons (Fsp3) is 0.231. The molecule has 0 amide bonds. The molecule has 1 aromatic heterocycles. The van der Waals surface area contributed by atoms with Crippen LogP contribution in [0.1, 0.15) is 5.56 Å². The number of benzene rings is 1. The van der Waals surface area contributed by atoms with Crippen molar-refractivity contribution in [2.24, 2.45) is 5.73 Å². The van der Waals surface area contributed by atoms with Crippen LogP contribution in [0.3, 0.4) is 0 Å². The summed E-state index contributed by atoms with van der Waals surface area (Å²) in [6.45, 7) is 0.303. The van der Waals surface area contributed by atoms with Gasteiger partial charge >= 0.3 is 0 Å². The quantitative estimate of drug-likeness (QED) is 0.848. The Kier molecular flexibility index (Phi) is 4.31. The zero-order valence-corrected chi connectivity index (χ0v) is 11.6.